The van der Waals surface area contributed by atoms with Crippen LogP contribution in [0, 0.1) is 0 Å². The first-order valence-electron chi connectivity index (χ1n) is 11.7. The fraction of sp³-hybridized carbons (Fsp3) is 0.760. The Labute approximate surface area is 199 Å². The Bertz CT molecular complexity index is 526. The van der Waals surface area contributed by atoms with Crippen LogP contribution in [0.25, 0.3) is 0 Å². The zero-order chi connectivity index (χ0) is 19.4. The monoisotopic (exact) mass is 462 g/mol. The molecular weight excluding hydrogens is 415 g/mol. The van der Waals surface area contributed by atoms with Gasteiger partial charge in [-0.1, -0.05) is 96.1 Å². The first kappa shape index (κ1) is 31.7. The van der Waals surface area contributed by atoms with Crippen molar-refractivity contribution in [3.63, 3.8) is 0 Å². The van der Waals surface area contributed by atoms with Crippen molar-refractivity contribution in [1.29, 1.82) is 0 Å². The number of rotatable bonds is 16. The van der Waals surface area contributed by atoms with E-state index in [4.69, 9.17) is 4.74 Å². The van der Waals surface area contributed by atoms with Crippen molar-refractivity contribution in [2.75, 3.05) is 20.6 Å². The Hall–Kier alpha value is -0.480. The fourth-order valence-electron chi connectivity index (χ4n) is 4.27. The van der Waals surface area contributed by atoms with Gasteiger partial charge in [0.25, 0.3) is 6.23 Å². The lowest BCUT2D eigenvalue weighted by molar-refractivity contribution is -0.944. The number of ether oxygens (including phenoxy) is 1. The highest BCUT2D eigenvalue weighted by Crippen LogP contribution is 2.43. The normalized spacial score (nSPS) is 14.3. The minimum atomic E-state index is 0. The summed E-state index contributed by atoms with van der Waals surface area (Å²) < 4.78 is 6.94. The molecule has 1 aromatic carbocycles. The molecule has 1 aliphatic rings. The number of fused-ring (bicyclic) bond motifs is 1. The number of quaternary nitrogens is 1. The second-order valence-electron chi connectivity index (χ2n) is 9.11. The number of hydrogen-bond acceptors (Lipinski definition) is 2. The lowest BCUT2D eigenvalue weighted by Gasteiger charge is -2.43. The Morgan fingerprint density at radius 3 is 1.63 bits per heavy atom. The third-order valence-electron chi connectivity index (χ3n) is 6.15. The molecular formula is C25H48Cl2N2O. The summed E-state index contributed by atoms with van der Waals surface area (Å²) in [5, 5.41) is 0. The minimum Gasteiger partial charge on any atom is -1.00 e. The molecule has 0 spiro atoms. The van der Waals surface area contributed by atoms with Crippen molar-refractivity contribution in [2.45, 2.75) is 103 Å². The van der Waals surface area contributed by atoms with Crippen molar-refractivity contribution >= 4 is 12.4 Å². The molecule has 1 aromatic rings. The van der Waals surface area contributed by atoms with Crippen LogP contribution >= 0.6 is 12.4 Å². The van der Waals surface area contributed by atoms with E-state index in [0.29, 0.717) is 0 Å². The summed E-state index contributed by atoms with van der Waals surface area (Å²) in [5.41, 5.74) is 1.38. The van der Waals surface area contributed by atoms with Gasteiger partial charge in [0.05, 0.1) is 26.2 Å². The van der Waals surface area contributed by atoms with E-state index < -0.39 is 0 Å². The first-order chi connectivity index (χ1) is 13.1. The maximum absolute atomic E-state index is 5.99. The predicted molar refractivity (Wildman–Crippen MR) is 129 cm³/mol. The van der Waals surface area contributed by atoms with Crippen LogP contribution in [0.1, 0.15) is 109 Å². The second-order valence-corrected chi connectivity index (χ2v) is 9.11. The van der Waals surface area contributed by atoms with Crippen LogP contribution in [0.3, 0.4) is 0 Å². The molecule has 3 N–H and O–H groups in total. The average molecular weight is 464 g/mol. The molecule has 1 heterocycles. The minimum absolute atomic E-state index is 0. The highest BCUT2D eigenvalue weighted by atomic mass is 35.5. The molecule has 0 aromatic heterocycles. The molecule has 0 fully saturated rings. The number of halogens is 2. The van der Waals surface area contributed by atoms with E-state index in [1.807, 2.05) is 0 Å². The van der Waals surface area contributed by atoms with Crippen molar-refractivity contribution in [2.24, 2.45) is 0 Å². The standard InChI is InChI=1S/C25H44NO.2ClH.H3N/c1-4-5-6-7-8-9-10-11-12-13-14-15-16-19-22-26(2,3)25-23-20-17-18-21-24(23)27-25;;;/h17-18,20-21,25H,4-16,19,22H2,1-3H3;2*1H;1H3/q+1;;;/p-1. The van der Waals surface area contributed by atoms with Crippen LogP contribution in [0.2, 0.25) is 0 Å². The smallest absolute Gasteiger partial charge is 0.263 e. The van der Waals surface area contributed by atoms with Gasteiger partial charge in [0.15, 0.2) is 0 Å². The zero-order valence-electron chi connectivity index (χ0n) is 19.8. The maximum Gasteiger partial charge on any atom is 0.263 e. The SMILES string of the molecule is CCCCCCCCCCCCCCCC[N+](C)(C)C1Oc2ccccc21.Cl.N.[Cl-]. The zero-order valence-corrected chi connectivity index (χ0v) is 21.4. The molecule has 0 saturated carbocycles. The molecule has 2 rings (SSSR count). The maximum atomic E-state index is 5.99. The van der Waals surface area contributed by atoms with Gasteiger partial charge in [-0.15, -0.1) is 12.4 Å². The summed E-state index contributed by atoms with van der Waals surface area (Å²) in [4.78, 5) is 0. The van der Waals surface area contributed by atoms with Crippen molar-refractivity contribution < 1.29 is 21.6 Å². The van der Waals surface area contributed by atoms with Crippen LogP contribution in [-0.4, -0.2) is 25.1 Å². The van der Waals surface area contributed by atoms with Gasteiger partial charge in [-0.3, -0.25) is 4.48 Å². The topological polar surface area (TPSA) is 44.2 Å². The van der Waals surface area contributed by atoms with Gasteiger partial charge in [0.2, 0.25) is 0 Å². The molecule has 1 atom stereocenters. The van der Waals surface area contributed by atoms with Gasteiger partial charge in [0, 0.05) is 0 Å². The molecule has 3 nitrogen and oxygen atoms in total. The third kappa shape index (κ3) is 11.2. The molecule has 0 amide bonds. The quantitative estimate of drug-likeness (QED) is 0.270. The molecule has 0 saturated heterocycles. The van der Waals surface area contributed by atoms with Gasteiger partial charge in [0.1, 0.15) is 5.75 Å². The molecule has 0 radical (unpaired) electrons. The molecule has 5 heteroatoms. The third-order valence-corrected chi connectivity index (χ3v) is 6.15. The number of benzene rings is 1. The Balaban J connectivity index is 0. The molecule has 0 bridgehead atoms. The molecule has 0 aliphatic carbocycles. The van der Waals surface area contributed by atoms with E-state index in [9.17, 15) is 0 Å². The van der Waals surface area contributed by atoms with Crippen LogP contribution in [0.15, 0.2) is 24.3 Å². The van der Waals surface area contributed by atoms with Crippen molar-refractivity contribution in [3.05, 3.63) is 29.8 Å². The summed E-state index contributed by atoms with van der Waals surface area (Å²) in [6.45, 7) is 3.50. The molecule has 1 unspecified atom stereocenters. The largest absolute Gasteiger partial charge is 1.00 e. The van der Waals surface area contributed by atoms with E-state index in [1.54, 1.807) is 0 Å². The van der Waals surface area contributed by atoms with Gasteiger partial charge in [-0.05, 0) is 25.0 Å². The van der Waals surface area contributed by atoms with Crippen LogP contribution in [-0.2, 0) is 0 Å². The lowest BCUT2D eigenvalue weighted by atomic mass is 10.0. The number of hydrogen-bond donors (Lipinski definition) is 1. The van der Waals surface area contributed by atoms with Gasteiger partial charge in [-0.2, -0.15) is 0 Å². The van der Waals surface area contributed by atoms with Gasteiger partial charge in [-0.25, -0.2) is 0 Å². The van der Waals surface area contributed by atoms with E-state index in [-0.39, 0.29) is 37.2 Å². The number of para-hydroxylation sites is 1. The van der Waals surface area contributed by atoms with E-state index in [2.05, 4.69) is 45.3 Å². The highest BCUT2D eigenvalue weighted by molar-refractivity contribution is 5.85. The van der Waals surface area contributed by atoms with E-state index in [1.165, 1.54) is 102 Å². The highest BCUT2D eigenvalue weighted by Gasteiger charge is 2.40. The van der Waals surface area contributed by atoms with Crippen molar-refractivity contribution in [1.82, 2.24) is 6.15 Å². The Morgan fingerprint density at radius 1 is 0.733 bits per heavy atom. The van der Waals surface area contributed by atoms with Crippen LogP contribution < -0.4 is 23.3 Å². The van der Waals surface area contributed by atoms with Gasteiger partial charge >= 0.3 is 0 Å². The summed E-state index contributed by atoms with van der Waals surface area (Å²) in [7, 11) is 4.62. The number of nitrogens with zero attached hydrogens (tertiary/aromatic N) is 1. The number of unbranched alkanes of at least 4 members (excludes halogenated alkanes) is 13. The molecule has 1 aliphatic heterocycles. The van der Waals surface area contributed by atoms with E-state index >= 15 is 0 Å². The predicted octanol–water partition coefficient (Wildman–Crippen LogP) is 5.22. The summed E-state index contributed by atoms with van der Waals surface area (Å²) in [5.74, 6) is 1.08. The summed E-state index contributed by atoms with van der Waals surface area (Å²) in [6.07, 6.45) is 20.2. The molecule has 178 valence electrons. The van der Waals surface area contributed by atoms with Gasteiger partial charge < -0.3 is 23.3 Å². The Kier molecular flexibility index (Phi) is 19.2. The summed E-state index contributed by atoms with van der Waals surface area (Å²) in [6, 6.07) is 8.48. The van der Waals surface area contributed by atoms with Crippen molar-refractivity contribution in [3.8, 4) is 5.75 Å². The first-order valence-corrected chi connectivity index (χ1v) is 11.7. The lowest BCUT2D eigenvalue weighted by Crippen LogP contribution is -3.00. The summed E-state index contributed by atoms with van der Waals surface area (Å²) >= 11 is 0. The van der Waals surface area contributed by atoms with Crippen LogP contribution in [0.4, 0.5) is 0 Å². The molecule has 30 heavy (non-hydrogen) atoms. The second kappa shape index (κ2) is 18.1. The van der Waals surface area contributed by atoms with Crippen LogP contribution in [0.5, 0.6) is 5.75 Å². The fourth-order valence-corrected chi connectivity index (χ4v) is 4.27. The average Bonchev–Trinajstić information content (AvgIpc) is 2.63. The Morgan fingerprint density at radius 2 is 1.17 bits per heavy atom. The van der Waals surface area contributed by atoms with E-state index in [0.717, 1.165) is 10.2 Å².